The number of likely N-dealkylation sites (tertiary alicyclic amines) is 1. The minimum Gasteiger partial charge on any atom is -0.332 e. The van der Waals surface area contributed by atoms with E-state index in [1.165, 1.54) is 25.7 Å². The number of carbonyl (C=O) groups excluding carboxylic acids is 1. The molecule has 2 bridgehead atoms. The Morgan fingerprint density at radius 1 is 1.43 bits per heavy atom. The molecule has 2 saturated heterocycles. The van der Waals surface area contributed by atoms with Gasteiger partial charge in [0, 0.05) is 43.3 Å². The maximum atomic E-state index is 13.0. The van der Waals surface area contributed by atoms with Crippen LogP contribution in [0.4, 0.5) is 0 Å². The molecule has 114 valence electrons. The van der Waals surface area contributed by atoms with Crippen LogP contribution in [-0.4, -0.2) is 45.3 Å². The minimum atomic E-state index is 0.153. The number of rotatable bonds is 1. The number of nitrogens with one attached hydrogen (secondary N) is 1. The van der Waals surface area contributed by atoms with Gasteiger partial charge in [-0.05, 0) is 25.3 Å². The second-order valence-electron chi connectivity index (χ2n) is 7.22. The van der Waals surface area contributed by atoms with Crippen molar-refractivity contribution in [2.75, 3.05) is 6.54 Å². The van der Waals surface area contributed by atoms with Crippen molar-refractivity contribution in [1.82, 2.24) is 20.0 Å². The lowest BCUT2D eigenvalue weighted by molar-refractivity contribution is 0.0275. The lowest BCUT2D eigenvalue weighted by Crippen LogP contribution is -2.56. The molecule has 0 radical (unpaired) electrons. The number of nitrogens with zero attached hydrogens (tertiary/aromatic N) is 3. The normalized spacial score (nSPS) is 38.4. The van der Waals surface area contributed by atoms with E-state index < -0.39 is 0 Å². The summed E-state index contributed by atoms with van der Waals surface area (Å²) in [5.41, 5.74) is 0.953. The summed E-state index contributed by atoms with van der Waals surface area (Å²) in [5.74, 6) is 0.153. The van der Waals surface area contributed by atoms with Crippen LogP contribution >= 0.6 is 0 Å². The van der Waals surface area contributed by atoms with Crippen LogP contribution in [0.2, 0.25) is 0 Å². The molecule has 0 unspecified atom stereocenters. The van der Waals surface area contributed by atoms with E-state index in [4.69, 9.17) is 0 Å². The van der Waals surface area contributed by atoms with Gasteiger partial charge in [-0.15, -0.1) is 0 Å². The fourth-order valence-electron chi connectivity index (χ4n) is 4.95. The number of carbonyl (C=O) groups is 1. The standard InChI is InChI=1S/C16H24N4O/c1-16-9-11-10-20(15(21)12-7-8-17-19(12)2)14(16)6-4-3-5-13(16)18-11/h7-8,11,13-14,18H,3-6,9-10H2,1-2H3/t11-,13-,14+,16-/m0/s1. The Hall–Kier alpha value is -1.36. The summed E-state index contributed by atoms with van der Waals surface area (Å²) in [6.07, 6.45) is 7.85. The van der Waals surface area contributed by atoms with Gasteiger partial charge in [-0.2, -0.15) is 5.10 Å². The highest BCUT2D eigenvalue weighted by Gasteiger charge is 2.55. The summed E-state index contributed by atoms with van der Waals surface area (Å²) in [7, 11) is 1.85. The number of fused-ring (bicyclic) bond motifs is 1. The van der Waals surface area contributed by atoms with Crippen molar-refractivity contribution in [2.45, 2.75) is 57.2 Å². The molecule has 1 saturated carbocycles. The Kier molecular flexibility index (Phi) is 2.89. The maximum Gasteiger partial charge on any atom is 0.272 e. The average Bonchev–Trinajstić information content (AvgIpc) is 2.95. The second kappa shape index (κ2) is 4.57. The molecule has 0 spiro atoms. The summed E-state index contributed by atoms with van der Waals surface area (Å²) in [6, 6.07) is 3.26. The molecule has 4 rings (SSSR count). The van der Waals surface area contributed by atoms with Crippen LogP contribution in [-0.2, 0) is 7.05 Å². The Morgan fingerprint density at radius 3 is 3.00 bits per heavy atom. The van der Waals surface area contributed by atoms with E-state index in [2.05, 4.69) is 22.2 Å². The first kappa shape index (κ1) is 13.3. The molecule has 1 amide bonds. The van der Waals surface area contributed by atoms with Crippen LogP contribution < -0.4 is 5.32 Å². The SMILES string of the molecule is Cn1nccc1C(=O)N1C[C@@H]2C[C@@]3(C)[C@H](CCCC[C@@H]13)N2. The number of piperidine rings is 1. The zero-order chi connectivity index (χ0) is 14.6. The second-order valence-corrected chi connectivity index (χ2v) is 7.22. The fourth-order valence-corrected chi connectivity index (χ4v) is 4.95. The summed E-state index contributed by atoms with van der Waals surface area (Å²) in [5, 5.41) is 7.95. The van der Waals surface area contributed by atoms with Gasteiger partial charge in [-0.1, -0.05) is 19.8 Å². The highest BCUT2D eigenvalue weighted by Crippen LogP contribution is 2.49. The van der Waals surface area contributed by atoms with E-state index in [1.807, 2.05) is 13.1 Å². The smallest absolute Gasteiger partial charge is 0.272 e. The van der Waals surface area contributed by atoms with Crippen LogP contribution in [0, 0.1) is 5.41 Å². The van der Waals surface area contributed by atoms with Gasteiger partial charge >= 0.3 is 0 Å². The van der Waals surface area contributed by atoms with Gasteiger partial charge < -0.3 is 10.2 Å². The summed E-state index contributed by atoms with van der Waals surface area (Å²) >= 11 is 0. The van der Waals surface area contributed by atoms with Crippen molar-refractivity contribution in [3.8, 4) is 0 Å². The summed E-state index contributed by atoms with van der Waals surface area (Å²) in [4.78, 5) is 15.1. The van der Waals surface area contributed by atoms with Gasteiger partial charge in [0.25, 0.3) is 5.91 Å². The number of hydrogen-bond acceptors (Lipinski definition) is 3. The molecule has 1 N–H and O–H groups in total. The number of aryl methyl sites for hydroxylation is 1. The molecule has 21 heavy (non-hydrogen) atoms. The Labute approximate surface area is 125 Å². The molecule has 3 fully saturated rings. The van der Waals surface area contributed by atoms with Crippen molar-refractivity contribution in [2.24, 2.45) is 12.5 Å². The molecule has 0 aromatic carbocycles. The topological polar surface area (TPSA) is 50.2 Å². The van der Waals surface area contributed by atoms with E-state index in [0.717, 1.165) is 13.0 Å². The number of amides is 1. The Balaban J connectivity index is 1.70. The van der Waals surface area contributed by atoms with Crippen LogP contribution in [0.15, 0.2) is 12.3 Å². The predicted octanol–water partition coefficient (Wildman–Crippen LogP) is 1.56. The van der Waals surface area contributed by atoms with E-state index >= 15 is 0 Å². The summed E-state index contributed by atoms with van der Waals surface area (Å²) < 4.78 is 1.70. The van der Waals surface area contributed by atoms with Gasteiger partial charge in [-0.3, -0.25) is 9.48 Å². The quantitative estimate of drug-likeness (QED) is 0.853. The number of aromatic nitrogens is 2. The van der Waals surface area contributed by atoms with Gasteiger partial charge in [0.1, 0.15) is 5.69 Å². The molecular formula is C16H24N4O. The predicted molar refractivity (Wildman–Crippen MR) is 79.9 cm³/mol. The van der Waals surface area contributed by atoms with Crippen LogP contribution in [0.25, 0.3) is 0 Å². The molecule has 5 nitrogen and oxygen atoms in total. The largest absolute Gasteiger partial charge is 0.332 e. The lowest BCUT2D eigenvalue weighted by Gasteiger charge is -2.46. The van der Waals surface area contributed by atoms with Crippen molar-refractivity contribution in [3.63, 3.8) is 0 Å². The van der Waals surface area contributed by atoms with E-state index in [9.17, 15) is 4.79 Å². The third kappa shape index (κ3) is 1.86. The third-order valence-corrected chi connectivity index (χ3v) is 5.99. The monoisotopic (exact) mass is 288 g/mol. The zero-order valence-corrected chi connectivity index (χ0v) is 12.9. The molecule has 5 heteroatoms. The first-order chi connectivity index (χ1) is 10.1. The first-order valence-electron chi connectivity index (χ1n) is 8.14. The van der Waals surface area contributed by atoms with E-state index in [0.29, 0.717) is 23.8 Å². The maximum absolute atomic E-state index is 13.0. The van der Waals surface area contributed by atoms with Gasteiger partial charge in [0.05, 0.1) is 0 Å². The minimum absolute atomic E-state index is 0.153. The third-order valence-electron chi connectivity index (χ3n) is 5.99. The van der Waals surface area contributed by atoms with Crippen molar-refractivity contribution < 1.29 is 4.79 Å². The van der Waals surface area contributed by atoms with Gasteiger partial charge in [-0.25, -0.2) is 0 Å². The average molecular weight is 288 g/mol. The first-order valence-corrected chi connectivity index (χ1v) is 8.14. The van der Waals surface area contributed by atoms with Crippen molar-refractivity contribution in [1.29, 1.82) is 0 Å². The fraction of sp³-hybridized carbons (Fsp3) is 0.750. The van der Waals surface area contributed by atoms with Crippen molar-refractivity contribution in [3.05, 3.63) is 18.0 Å². The van der Waals surface area contributed by atoms with E-state index in [-0.39, 0.29) is 11.3 Å². The molecule has 3 aliphatic rings. The molecule has 1 aromatic rings. The summed E-state index contributed by atoms with van der Waals surface area (Å²) in [6.45, 7) is 3.24. The van der Waals surface area contributed by atoms with Gasteiger partial charge in [0.15, 0.2) is 0 Å². The van der Waals surface area contributed by atoms with Crippen molar-refractivity contribution >= 4 is 5.91 Å². The highest BCUT2D eigenvalue weighted by molar-refractivity contribution is 5.93. The molecule has 2 aliphatic heterocycles. The lowest BCUT2D eigenvalue weighted by atomic mass is 9.71. The Morgan fingerprint density at radius 2 is 2.24 bits per heavy atom. The Bertz CT molecular complexity index is 568. The van der Waals surface area contributed by atoms with Crippen LogP contribution in [0.1, 0.15) is 49.5 Å². The van der Waals surface area contributed by atoms with Crippen LogP contribution in [0.3, 0.4) is 0 Å². The molecular weight excluding hydrogens is 264 g/mol. The van der Waals surface area contributed by atoms with E-state index in [1.54, 1.807) is 10.9 Å². The molecule has 1 aliphatic carbocycles. The molecule has 4 atom stereocenters. The van der Waals surface area contributed by atoms with Crippen LogP contribution in [0.5, 0.6) is 0 Å². The molecule has 3 heterocycles. The van der Waals surface area contributed by atoms with Gasteiger partial charge in [0.2, 0.25) is 0 Å². The number of hydrogen-bond donors (Lipinski definition) is 1. The zero-order valence-electron chi connectivity index (χ0n) is 12.9. The molecule has 1 aromatic heterocycles. The highest BCUT2D eigenvalue weighted by atomic mass is 16.2.